The third kappa shape index (κ3) is 5.25. The summed E-state index contributed by atoms with van der Waals surface area (Å²) in [5.41, 5.74) is 4.17. The van der Waals surface area contributed by atoms with Gasteiger partial charge in [-0.2, -0.15) is 0 Å². The zero-order valence-corrected chi connectivity index (χ0v) is 19.9. The molecule has 0 aromatic heterocycles. The van der Waals surface area contributed by atoms with Gasteiger partial charge in [-0.25, -0.2) is 8.78 Å². The number of thioether (sulfide) groups is 1. The van der Waals surface area contributed by atoms with Crippen molar-refractivity contribution in [3.8, 4) is 16.9 Å². The summed E-state index contributed by atoms with van der Waals surface area (Å²) < 4.78 is 28.9. The fraction of sp³-hybridized carbons (Fsp3) is 0.133. The van der Waals surface area contributed by atoms with Crippen molar-refractivity contribution < 1.29 is 13.9 Å². The second kappa shape index (κ2) is 10.4. The Labute approximate surface area is 208 Å². The lowest BCUT2D eigenvalue weighted by Crippen LogP contribution is -2.20. The van der Waals surface area contributed by atoms with Gasteiger partial charge in [-0.15, -0.1) is 11.8 Å². The maximum Gasteiger partial charge on any atom is 0.140 e. The van der Waals surface area contributed by atoms with Gasteiger partial charge in [0.05, 0.1) is 5.69 Å². The molecular formula is C30H25F2NOS. The Bertz CT molecular complexity index is 1370. The molecule has 0 saturated carbocycles. The molecule has 0 bridgehead atoms. The molecule has 0 amide bonds. The molecule has 4 aromatic rings. The van der Waals surface area contributed by atoms with E-state index in [1.54, 1.807) is 17.8 Å². The Balaban J connectivity index is 1.48. The van der Waals surface area contributed by atoms with Crippen molar-refractivity contribution in [1.29, 1.82) is 0 Å². The van der Waals surface area contributed by atoms with Crippen LogP contribution < -0.4 is 4.90 Å². The molecule has 5 heteroatoms. The molecule has 1 aliphatic rings. The predicted molar refractivity (Wildman–Crippen MR) is 141 cm³/mol. The molecule has 176 valence electrons. The molecule has 0 saturated heterocycles. The first-order valence-corrected chi connectivity index (χ1v) is 12.6. The molecule has 0 unspecified atom stereocenters. The Morgan fingerprint density at radius 1 is 0.857 bits per heavy atom. The fourth-order valence-corrected chi connectivity index (χ4v) is 5.24. The van der Waals surface area contributed by atoms with Gasteiger partial charge in [-0.05, 0) is 65.9 Å². The topological polar surface area (TPSA) is 23.5 Å². The van der Waals surface area contributed by atoms with Gasteiger partial charge in [0.1, 0.15) is 17.4 Å². The summed E-state index contributed by atoms with van der Waals surface area (Å²) in [6.45, 7) is 0.639. The van der Waals surface area contributed by atoms with Crippen LogP contribution in [-0.2, 0) is 5.75 Å². The Morgan fingerprint density at radius 3 is 2.54 bits per heavy atom. The van der Waals surface area contributed by atoms with Crippen LogP contribution >= 0.6 is 11.8 Å². The maximum atomic E-state index is 15.2. The normalized spacial score (nSPS) is 14.2. The molecule has 1 heterocycles. The van der Waals surface area contributed by atoms with E-state index in [0.29, 0.717) is 17.8 Å². The second-order valence-corrected chi connectivity index (χ2v) is 9.57. The molecule has 0 spiro atoms. The molecular weight excluding hydrogens is 460 g/mol. The Hall–Kier alpha value is -3.57. The van der Waals surface area contributed by atoms with Crippen molar-refractivity contribution in [2.45, 2.75) is 23.5 Å². The molecule has 35 heavy (non-hydrogen) atoms. The van der Waals surface area contributed by atoms with Gasteiger partial charge in [0, 0.05) is 34.5 Å². The monoisotopic (exact) mass is 485 g/mol. The molecule has 4 aromatic carbocycles. The summed E-state index contributed by atoms with van der Waals surface area (Å²) in [5.74, 6) is -0.113. The van der Waals surface area contributed by atoms with Crippen LogP contribution in [0.4, 0.5) is 20.2 Å². The number of phenols is 1. The maximum absolute atomic E-state index is 15.2. The first kappa shape index (κ1) is 23.2. The molecule has 0 atom stereocenters. The van der Waals surface area contributed by atoms with Gasteiger partial charge in [0.15, 0.2) is 0 Å². The summed E-state index contributed by atoms with van der Waals surface area (Å²) in [4.78, 5) is 3.12. The quantitative estimate of drug-likeness (QED) is 0.286. The van der Waals surface area contributed by atoms with E-state index in [2.05, 4.69) is 36.4 Å². The smallest absolute Gasteiger partial charge is 0.140 e. The van der Waals surface area contributed by atoms with E-state index in [4.69, 9.17) is 0 Å². The van der Waals surface area contributed by atoms with Crippen LogP contribution in [0.1, 0.15) is 24.0 Å². The first-order chi connectivity index (χ1) is 17.1. The van der Waals surface area contributed by atoms with Crippen molar-refractivity contribution in [2.24, 2.45) is 0 Å². The second-order valence-electron chi connectivity index (χ2n) is 8.52. The number of fused-ring (bicyclic) bond motifs is 1. The number of hydrogen-bond donors (Lipinski definition) is 1. The van der Waals surface area contributed by atoms with Gasteiger partial charge in [0.2, 0.25) is 0 Å². The van der Waals surface area contributed by atoms with Crippen molar-refractivity contribution >= 4 is 29.2 Å². The number of aromatic hydroxyl groups is 1. The minimum Gasteiger partial charge on any atom is -0.506 e. The number of phenolic OH excluding ortho intramolecular Hbond substituents is 1. The molecule has 1 N–H and O–H groups in total. The highest BCUT2D eigenvalue weighted by atomic mass is 32.2. The van der Waals surface area contributed by atoms with Crippen LogP contribution in [0.25, 0.3) is 17.2 Å². The van der Waals surface area contributed by atoms with Crippen LogP contribution in [0, 0.1) is 11.6 Å². The van der Waals surface area contributed by atoms with E-state index >= 15 is 4.39 Å². The number of rotatable bonds is 5. The fourth-order valence-electron chi connectivity index (χ4n) is 4.34. The van der Waals surface area contributed by atoms with E-state index in [-0.39, 0.29) is 11.3 Å². The van der Waals surface area contributed by atoms with Crippen molar-refractivity contribution in [1.82, 2.24) is 0 Å². The largest absolute Gasteiger partial charge is 0.506 e. The number of allylic oxidation sites excluding steroid dienone is 1. The molecule has 0 aliphatic carbocycles. The van der Waals surface area contributed by atoms with E-state index in [9.17, 15) is 9.50 Å². The number of nitrogens with zero attached hydrogens (tertiary/aromatic N) is 1. The third-order valence-electron chi connectivity index (χ3n) is 6.08. The van der Waals surface area contributed by atoms with E-state index in [1.165, 1.54) is 35.9 Å². The van der Waals surface area contributed by atoms with Crippen LogP contribution in [0.3, 0.4) is 0 Å². The van der Waals surface area contributed by atoms with Crippen LogP contribution in [0.2, 0.25) is 0 Å². The first-order valence-electron chi connectivity index (χ1n) is 11.6. The summed E-state index contributed by atoms with van der Waals surface area (Å²) in [6.07, 6.45) is 6.02. The highest BCUT2D eigenvalue weighted by Gasteiger charge is 2.20. The molecule has 1 aliphatic heterocycles. The van der Waals surface area contributed by atoms with E-state index < -0.39 is 11.6 Å². The van der Waals surface area contributed by atoms with Crippen LogP contribution in [0.15, 0.2) is 95.9 Å². The van der Waals surface area contributed by atoms with Crippen LogP contribution in [0.5, 0.6) is 5.75 Å². The van der Waals surface area contributed by atoms with E-state index in [0.717, 1.165) is 34.7 Å². The van der Waals surface area contributed by atoms with Crippen LogP contribution in [-0.4, -0.2) is 11.7 Å². The van der Waals surface area contributed by atoms with Crippen molar-refractivity contribution in [3.63, 3.8) is 0 Å². The Kier molecular flexibility index (Phi) is 6.87. The van der Waals surface area contributed by atoms with Gasteiger partial charge in [-0.3, -0.25) is 0 Å². The molecule has 5 rings (SSSR count). The third-order valence-corrected chi connectivity index (χ3v) is 7.14. The summed E-state index contributed by atoms with van der Waals surface area (Å²) in [5, 5.41) is 10.9. The summed E-state index contributed by atoms with van der Waals surface area (Å²) in [7, 11) is 0. The zero-order chi connectivity index (χ0) is 24.2. The van der Waals surface area contributed by atoms with E-state index in [1.807, 2.05) is 29.2 Å². The molecule has 2 nitrogen and oxygen atoms in total. The summed E-state index contributed by atoms with van der Waals surface area (Å²) >= 11 is 1.77. The highest BCUT2D eigenvalue weighted by Crippen LogP contribution is 2.41. The highest BCUT2D eigenvalue weighted by molar-refractivity contribution is 7.98. The molecule has 0 fully saturated rings. The average Bonchev–Trinajstić information content (AvgIpc) is 2.85. The SMILES string of the molecule is Oc1cc(-c2cccc(F)c2)c(F)cc1N1CCC/C=C\c2cc(SCc3ccccc3)ccc21. The lowest BCUT2D eigenvalue weighted by molar-refractivity contribution is 0.473. The van der Waals surface area contributed by atoms with Gasteiger partial charge in [-0.1, -0.05) is 54.6 Å². The lowest BCUT2D eigenvalue weighted by Gasteiger charge is -2.29. The minimum atomic E-state index is -0.502. The van der Waals surface area contributed by atoms with Gasteiger partial charge in [0.25, 0.3) is 0 Å². The van der Waals surface area contributed by atoms with Gasteiger partial charge >= 0.3 is 0 Å². The summed E-state index contributed by atoms with van der Waals surface area (Å²) in [6, 6.07) is 25.1. The van der Waals surface area contributed by atoms with Crippen molar-refractivity contribution in [3.05, 3.63) is 114 Å². The lowest BCUT2D eigenvalue weighted by atomic mass is 10.0. The molecule has 0 radical (unpaired) electrons. The van der Waals surface area contributed by atoms with Crippen molar-refractivity contribution in [2.75, 3.05) is 11.4 Å². The zero-order valence-electron chi connectivity index (χ0n) is 19.1. The number of anilines is 2. The number of benzene rings is 4. The number of halogens is 2. The number of hydrogen-bond acceptors (Lipinski definition) is 3. The van der Waals surface area contributed by atoms with Gasteiger partial charge < -0.3 is 10.0 Å². The standard InChI is InChI=1S/C30H25F2NOS/c31-24-12-7-11-22(16-24)26-18-30(34)29(19-27(26)32)33-15-6-2-5-10-23-17-25(13-14-28(23)33)35-20-21-8-3-1-4-9-21/h1,3-5,7-14,16-19,34H,2,6,15,20H2/b10-5-. The predicted octanol–water partition coefficient (Wildman–Crippen LogP) is 8.57. The Morgan fingerprint density at radius 2 is 1.71 bits per heavy atom. The minimum absolute atomic E-state index is 0.0382. The average molecular weight is 486 g/mol.